The van der Waals surface area contributed by atoms with Crippen molar-refractivity contribution in [1.82, 2.24) is 14.1 Å². The molecule has 0 radical (unpaired) electrons. The number of hydrogen-bond donors (Lipinski definition) is 0. The van der Waals surface area contributed by atoms with E-state index < -0.39 is 0 Å². The lowest BCUT2D eigenvalue weighted by Gasteiger charge is -2.09. The molecule has 0 unspecified atom stereocenters. The lowest BCUT2D eigenvalue weighted by atomic mass is 9.99. The van der Waals surface area contributed by atoms with Crippen molar-refractivity contribution in [2.24, 2.45) is 0 Å². The van der Waals surface area contributed by atoms with Gasteiger partial charge in [-0.3, -0.25) is 4.57 Å². The minimum Gasteiger partial charge on any atom is -0.422 e. The molecule has 8 aromatic carbocycles. The normalized spacial score (nSPS) is 12.2. The summed E-state index contributed by atoms with van der Waals surface area (Å²) in [6, 6.07) is 59.4. The standard InChI is InChI=1S/C47H27N3OS/c1-2-12-29-25-30(22-21-28(29)11-1)36-27-38-45(44-35-16-6-10-20-43(35)52-46(36)44)51-47(48-38)50-41-19-9-5-15-34(41)37-26-31(23-24-42(37)50)49-39-17-7-3-13-32(39)33-14-4-8-18-40(33)49/h1-27H. The van der Waals surface area contributed by atoms with Crippen molar-refractivity contribution in [3.05, 3.63) is 164 Å². The largest absolute Gasteiger partial charge is 0.422 e. The number of nitrogens with zero attached hydrogens (tertiary/aromatic N) is 3. The summed E-state index contributed by atoms with van der Waals surface area (Å²) >= 11 is 1.82. The monoisotopic (exact) mass is 681 g/mol. The van der Waals surface area contributed by atoms with E-state index in [9.17, 15) is 0 Å². The van der Waals surface area contributed by atoms with Crippen LogP contribution in [0.3, 0.4) is 0 Å². The number of hydrogen-bond acceptors (Lipinski definition) is 3. The van der Waals surface area contributed by atoms with Crippen molar-refractivity contribution >= 4 is 97.0 Å². The van der Waals surface area contributed by atoms with Crippen molar-refractivity contribution in [3.8, 4) is 22.8 Å². The number of rotatable bonds is 3. The summed E-state index contributed by atoms with van der Waals surface area (Å²) in [5.74, 6) is 0. The number of fused-ring (bicyclic) bond motifs is 12. The highest BCUT2D eigenvalue weighted by Crippen LogP contribution is 2.46. The third-order valence-electron chi connectivity index (χ3n) is 10.7. The number of aromatic nitrogens is 3. The zero-order chi connectivity index (χ0) is 33.9. The Morgan fingerprint density at radius 2 is 1.10 bits per heavy atom. The van der Waals surface area contributed by atoms with Crippen LogP contribution < -0.4 is 0 Å². The molecule has 0 aliphatic heterocycles. The topological polar surface area (TPSA) is 35.9 Å². The van der Waals surface area contributed by atoms with Crippen LogP contribution >= 0.6 is 11.3 Å². The van der Waals surface area contributed by atoms with Crippen LogP contribution in [0, 0.1) is 0 Å². The van der Waals surface area contributed by atoms with Gasteiger partial charge in [-0.05, 0) is 70.9 Å². The fourth-order valence-corrected chi connectivity index (χ4v) is 9.67. The lowest BCUT2D eigenvalue weighted by molar-refractivity contribution is 0.577. The van der Waals surface area contributed by atoms with Crippen LogP contribution in [0.1, 0.15) is 0 Å². The zero-order valence-corrected chi connectivity index (χ0v) is 28.6. The molecule has 0 amide bonds. The van der Waals surface area contributed by atoms with Gasteiger partial charge in [0.15, 0.2) is 5.58 Å². The second kappa shape index (κ2) is 10.4. The molecule has 242 valence electrons. The molecule has 4 nitrogen and oxygen atoms in total. The van der Waals surface area contributed by atoms with E-state index in [2.05, 4.69) is 173 Å². The Labute approximate surface area is 301 Å². The van der Waals surface area contributed by atoms with Gasteiger partial charge in [0.2, 0.25) is 0 Å². The summed E-state index contributed by atoms with van der Waals surface area (Å²) < 4.78 is 14.0. The molecule has 12 aromatic rings. The van der Waals surface area contributed by atoms with Gasteiger partial charge in [0.25, 0.3) is 0 Å². The van der Waals surface area contributed by atoms with Crippen LogP contribution in [0.2, 0.25) is 0 Å². The summed E-state index contributed by atoms with van der Waals surface area (Å²) in [5.41, 5.74) is 9.64. The average molecular weight is 682 g/mol. The van der Waals surface area contributed by atoms with Crippen LogP contribution in [0.5, 0.6) is 0 Å². The van der Waals surface area contributed by atoms with E-state index in [4.69, 9.17) is 9.40 Å². The summed E-state index contributed by atoms with van der Waals surface area (Å²) in [6.07, 6.45) is 0. The van der Waals surface area contributed by atoms with Crippen LogP contribution in [0.25, 0.3) is 108 Å². The quantitative estimate of drug-likeness (QED) is 0.186. The fraction of sp³-hybridized carbons (Fsp3) is 0. The van der Waals surface area contributed by atoms with E-state index in [0.717, 1.165) is 44.0 Å². The van der Waals surface area contributed by atoms with Gasteiger partial charge < -0.3 is 8.98 Å². The maximum atomic E-state index is 6.94. The molecular weight excluding hydrogens is 655 g/mol. The smallest absolute Gasteiger partial charge is 0.307 e. The van der Waals surface area contributed by atoms with E-state index in [-0.39, 0.29) is 0 Å². The van der Waals surface area contributed by atoms with Gasteiger partial charge in [-0.15, -0.1) is 11.3 Å². The molecule has 0 atom stereocenters. The summed E-state index contributed by atoms with van der Waals surface area (Å²) in [6.45, 7) is 0. The van der Waals surface area contributed by atoms with E-state index in [1.165, 1.54) is 58.5 Å². The molecule has 0 aliphatic carbocycles. The second-order valence-electron chi connectivity index (χ2n) is 13.6. The Morgan fingerprint density at radius 3 is 1.87 bits per heavy atom. The maximum Gasteiger partial charge on any atom is 0.307 e. The SMILES string of the molecule is c1ccc2cc(-c3cc4nc(-n5c6ccccc6c6cc(-n7c8ccccc8c8ccccc87)ccc65)oc4c4c3sc3ccccc34)ccc2c1. The summed E-state index contributed by atoms with van der Waals surface area (Å²) in [5, 5.41) is 9.58. The second-order valence-corrected chi connectivity index (χ2v) is 14.6. The molecule has 0 bridgehead atoms. The highest BCUT2D eigenvalue weighted by Gasteiger charge is 2.23. The van der Waals surface area contributed by atoms with Crippen molar-refractivity contribution in [3.63, 3.8) is 0 Å². The van der Waals surface area contributed by atoms with E-state index >= 15 is 0 Å². The highest BCUT2D eigenvalue weighted by atomic mass is 32.1. The predicted octanol–water partition coefficient (Wildman–Crippen LogP) is 13.2. The van der Waals surface area contributed by atoms with E-state index in [1.54, 1.807) is 0 Å². The molecule has 0 N–H and O–H groups in total. The predicted molar refractivity (Wildman–Crippen MR) is 219 cm³/mol. The number of benzene rings is 8. The Morgan fingerprint density at radius 1 is 0.481 bits per heavy atom. The lowest BCUT2D eigenvalue weighted by Crippen LogP contribution is -1.95. The minimum atomic E-state index is 0.568. The molecule has 0 fully saturated rings. The first-order valence-corrected chi connectivity index (χ1v) is 18.4. The minimum absolute atomic E-state index is 0.568. The third kappa shape index (κ3) is 3.83. The first-order chi connectivity index (χ1) is 25.8. The molecule has 0 spiro atoms. The first kappa shape index (κ1) is 28.1. The molecular formula is C47H27N3OS. The number of oxazole rings is 1. The van der Waals surface area contributed by atoms with Gasteiger partial charge in [-0.2, -0.15) is 4.98 Å². The van der Waals surface area contributed by atoms with Crippen molar-refractivity contribution in [2.45, 2.75) is 0 Å². The van der Waals surface area contributed by atoms with Gasteiger partial charge in [0.1, 0.15) is 5.52 Å². The molecule has 4 heterocycles. The zero-order valence-electron chi connectivity index (χ0n) is 27.7. The number of thiophene rings is 1. The molecule has 52 heavy (non-hydrogen) atoms. The van der Waals surface area contributed by atoms with Gasteiger partial charge in [-0.25, -0.2) is 0 Å². The van der Waals surface area contributed by atoms with Gasteiger partial charge >= 0.3 is 6.01 Å². The third-order valence-corrected chi connectivity index (χ3v) is 11.9. The molecule has 12 rings (SSSR count). The van der Waals surface area contributed by atoms with Crippen molar-refractivity contribution in [1.29, 1.82) is 0 Å². The summed E-state index contributed by atoms with van der Waals surface area (Å²) in [7, 11) is 0. The van der Waals surface area contributed by atoms with E-state index in [1.807, 2.05) is 11.3 Å². The Balaban J connectivity index is 1.12. The van der Waals surface area contributed by atoms with Crippen LogP contribution in [0.15, 0.2) is 168 Å². The van der Waals surface area contributed by atoms with Crippen molar-refractivity contribution < 1.29 is 4.42 Å². The van der Waals surface area contributed by atoms with Gasteiger partial charge in [0.05, 0.1) is 22.1 Å². The van der Waals surface area contributed by atoms with Crippen molar-refractivity contribution in [2.75, 3.05) is 0 Å². The Bertz CT molecular complexity index is 3380. The molecule has 0 saturated heterocycles. The van der Waals surface area contributed by atoms with Gasteiger partial charge in [-0.1, -0.05) is 109 Å². The first-order valence-electron chi connectivity index (χ1n) is 17.5. The Hall–Kier alpha value is -6.69. The number of para-hydroxylation sites is 3. The molecule has 5 heteroatoms. The molecule has 0 aliphatic rings. The maximum absolute atomic E-state index is 6.94. The van der Waals surface area contributed by atoms with Crippen LogP contribution in [0.4, 0.5) is 0 Å². The molecule has 0 saturated carbocycles. The van der Waals surface area contributed by atoms with Gasteiger partial charge in [0, 0.05) is 53.0 Å². The van der Waals surface area contributed by atoms with Crippen LogP contribution in [-0.2, 0) is 0 Å². The Kier molecular flexibility index (Phi) is 5.62. The average Bonchev–Trinajstić information content (AvgIpc) is 3.96. The van der Waals surface area contributed by atoms with Crippen LogP contribution in [-0.4, -0.2) is 14.1 Å². The molecule has 4 aromatic heterocycles. The fourth-order valence-electron chi connectivity index (χ4n) is 8.43. The van der Waals surface area contributed by atoms with E-state index in [0.29, 0.717) is 6.01 Å². The highest BCUT2D eigenvalue weighted by molar-refractivity contribution is 7.26. The summed E-state index contributed by atoms with van der Waals surface area (Å²) in [4.78, 5) is 5.29.